The van der Waals surface area contributed by atoms with Gasteiger partial charge in [-0.15, -0.1) is 10.2 Å². The summed E-state index contributed by atoms with van der Waals surface area (Å²) in [5.41, 5.74) is 2.77. The van der Waals surface area contributed by atoms with Crippen LogP contribution in [0.1, 0.15) is 17.0 Å². The predicted octanol–water partition coefficient (Wildman–Crippen LogP) is 5.70. The minimum absolute atomic E-state index is 0.126. The molecule has 3 aromatic rings. The van der Waals surface area contributed by atoms with E-state index in [2.05, 4.69) is 22.4 Å². The molecule has 1 aromatic heterocycles. The van der Waals surface area contributed by atoms with Crippen molar-refractivity contribution in [3.8, 4) is 5.75 Å². The molecule has 30 heavy (non-hydrogen) atoms. The monoisotopic (exact) mass is 484 g/mol. The largest absolute Gasteiger partial charge is 0.486 e. The number of carbonyl (C=O) groups excluding carboxylic acids is 1. The maximum absolute atomic E-state index is 12.3. The molecule has 0 aliphatic heterocycles. The number of hydrogen-bond acceptors (Lipinski definition) is 5. The molecular weight excluding hydrogens is 467 g/mol. The molecule has 0 bridgehead atoms. The number of anilines is 1. The molecule has 0 saturated heterocycles. The van der Waals surface area contributed by atoms with Crippen molar-refractivity contribution in [1.29, 1.82) is 0 Å². The van der Waals surface area contributed by atoms with E-state index in [4.69, 9.17) is 39.5 Å². The third kappa shape index (κ3) is 5.60. The molecule has 0 aliphatic rings. The number of nitrogens with zero attached hydrogens (tertiary/aromatic N) is 3. The van der Waals surface area contributed by atoms with Crippen molar-refractivity contribution in [2.75, 3.05) is 11.1 Å². The van der Waals surface area contributed by atoms with Gasteiger partial charge in [0.25, 0.3) is 0 Å². The third-order valence-corrected chi connectivity index (χ3v) is 6.44. The Hall–Kier alpha value is -1.93. The second kappa shape index (κ2) is 9.92. The van der Waals surface area contributed by atoms with E-state index in [0.717, 1.165) is 11.3 Å². The third-order valence-electron chi connectivity index (χ3n) is 4.39. The van der Waals surface area contributed by atoms with Crippen LogP contribution in [0.4, 0.5) is 5.69 Å². The first-order valence-electron chi connectivity index (χ1n) is 8.90. The van der Waals surface area contributed by atoms with Crippen LogP contribution in [0.25, 0.3) is 0 Å². The van der Waals surface area contributed by atoms with E-state index in [9.17, 15) is 4.79 Å². The van der Waals surface area contributed by atoms with Crippen LogP contribution in [0, 0.1) is 13.8 Å². The number of aromatic nitrogens is 3. The van der Waals surface area contributed by atoms with Gasteiger partial charge in [-0.05, 0) is 49.2 Å². The molecule has 10 heteroatoms. The van der Waals surface area contributed by atoms with Gasteiger partial charge in [-0.1, -0.05) is 52.6 Å². The van der Waals surface area contributed by atoms with Crippen molar-refractivity contribution in [2.45, 2.75) is 25.6 Å². The maximum Gasteiger partial charge on any atom is 0.234 e. The molecule has 158 valence electrons. The summed E-state index contributed by atoms with van der Waals surface area (Å²) in [7, 11) is 1.83. The lowest BCUT2D eigenvalue weighted by atomic mass is 10.1. The molecule has 1 heterocycles. The van der Waals surface area contributed by atoms with Crippen molar-refractivity contribution >= 4 is 58.2 Å². The molecule has 6 nitrogen and oxygen atoms in total. The summed E-state index contributed by atoms with van der Waals surface area (Å²) in [4.78, 5) is 12.3. The summed E-state index contributed by atoms with van der Waals surface area (Å²) in [5, 5.41) is 12.5. The van der Waals surface area contributed by atoms with Crippen LogP contribution in [0.3, 0.4) is 0 Å². The first-order chi connectivity index (χ1) is 14.2. The van der Waals surface area contributed by atoms with Crippen LogP contribution < -0.4 is 10.1 Å². The molecule has 0 fully saturated rings. The zero-order chi connectivity index (χ0) is 21.8. The Labute approximate surface area is 193 Å². The molecule has 0 aliphatic carbocycles. The average Bonchev–Trinajstić information content (AvgIpc) is 3.05. The van der Waals surface area contributed by atoms with Crippen LogP contribution in [0.5, 0.6) is 5.75 Å². The van der Waals surface area contributed by atoms with Gasteiger partial charge in [0.15, 0.2) is 11.0 Å². The van der Waals surface area contributed by atoms with Gasteiger partial charge in [0.05, 0.1) is 26.5 Å². The summed E-state index contributed by atoms with van der Waals surface area (Å²) < 4.78 is 7.61. The minimum Gasteiger partial charge on any atom is -0.486 e. The molecular formula is C20H19Cl3N4O2S. The zero-order valence-electron chi connectivity index (χ0n) is 16.5. The van der Waals surface area contributed by atoms with Gasteiger partial charge in [-0.2, -0.15) is 0 Å². The standard InChI is InChI=1S/C20H19Cl3N4O2S/c1-11-4-5-13(6-12(11)2)29-9-18-25-26-20(27(18)3)30-10-19(28)24-17-8-15(22)14(21)7-16(17)23/h4-8H,9-10H2,1-3H3,(H,24,28). The van der Waals surface area contributed by atoms with Gasteiger partial charge in [-0.3, -0.25) is 4.79 Å². The quantitative estimate of drug-likeness (QED) is 0.343. The second-order valence-corrected chi connectivity index (χ2v) is 8.74. The number of nitrogens with one attached hydrogen (secondary N) is 1. The Kier molecular flexibility index (Phi) is 7.52. The van der Waals surface area contributed by atoms with E-state index in [0.29, 0.717) is 31.7 Å². The number of halogens is 3. The molecule has 1 N–H and O–H groups in total. The first kappa shape index (κ1) is 22.7. The fraction of sp³-hybridized carbons (Fsp3) is 0.250. The lowest BCUT2D eigenvalue weighted by Gasteiger charge is -2.09. The van der Waals surface area contributed by atoms with Crippen molar-refractivity contribution in [1.82, 2.24) is 14.8 Å². The van der Waals surface area contributed by atoms with Crippen molar-refractivity contribution in [2.24, 2.45) is 7.05 Å². The van der Waals surface area contributed by atoms with Crippen LogP contribution in [-0.2, 0) is 18.4 Å². The normalized spacial score (nSPS) is 10.9. The summed E-state index contributed by atoms with van der Waals surface area (Å²) in [5.74, 6) is 1.30. The van der Waals surface area contributed by atoms with Gasteiger partial charge in [-0.25, -0.2) is 0 Å². The number of hydrogen-bond donors (Lipinski definition) is 1. The zero-order valence-corrected chi connectivity index (χ0v) is 19.6. The van der Waals surface area contributed by atoms with Gasteiger partial charge in [0, 0.05) is 7.05 Å². The molecule has 0 unspecified atom stereocenters. The summed E-state index contributed by atoms with van der Waals surface area (Å²) >= 11 is 19.2. The summed E-state index contributed by atoms with van der Waals surface area (Å²) in [6.45, 7) is 4.37. The van der Waals surface area contributed by atoms with E-state index in [1.54, 1.807) is 4.57 Å². The molecule has 0 atom stereocenters. The molecule has 0 saturated carbocycles. The maximum atomic E-state index is 12.3. The highest BCUT2D eigenvalue weighted by Gasteiger charge is 2.14. The Balaban J connectivity index is 1.56. The first-order valence-corrected chi connectivity index (χ1v) is 11.0. The summed E-state index contributed by atoms with van der Waals surface area (Å²) in [6, 6.07) is 8.92. The Morgan fingerprint density at radius 2 is 1.80 bits per heavy atom. The van der Waals surface area contributed by atoms with Crippen molar-refractivity contribution in [3.63, 3.8) is 0 Å². The van der Waals surface area contributed by atoms with Crippen LogP contribution in [-0.4, -0.2) is 26.4 Å². The predicted molar refractivity (Wildman–Crippen MR) is 122 cm³/mol. The lowest BCUT2D eigenvalue weighted by molar-refractivity contribution is -0.113. The van der Waals surface area contributed by atoms with E-state index >= 15 is 0 Å². The van der Waals surface area contributed by atoms with E-state index in [1.807, 2.05) is 32.2 Å². The molecule has 0 radical (unpaired) electrons. The highest BCUT2D eigenvalue weighted by Crippen LogP contribution is 2.32. The fourth-order valence-corrected chi connectivity index (χ4v) is 3.81. The molecule has 0 spiro atoms. The lowest BCUT2D eigenvalue weighted by Crippen LogP contribution is -2.15. The number of carbonyl (C=O) groups is 1. The molecule has 2 aromatic carbocycles. The van der Waals surface area contributed by atoms with Gasteiger partial charge in [0.1, 0.15) is 12.4 Å². The summed E-state index contributed by atoms with van der Waals surface area (Å²) in [6.07, 6.45) is 0. The molecule has 3 rings (SSSR count). The average molecular weight is 486 g/mol. The van der Waals surface area contributed by atoms with Crippen molar-refractivity contribution < 1.29 is 9.53 Å². The highest BCUT2D eigenvalue weighted by atomic mass is 35.5. The van der Waals surface area contributed by atoms with E-state index in [-0.39, 0.29) is 18.3 Å². The number of aryl methyl sites for hydroxylation is 2. The van der Waals surface area contributed by atoms with Gasteiger partial charge < -0.3 is 14.6 Å². The highest BCUT2D eigenvalue weighted by molar-refractivity contribution is 7.99. The number of thioether (sulfide) groups is 1. The van der Waals surface area contributed by atoms with Crippen molar-refractivity contribution in [3.05, 3.63) is 62.4 Å². The topological polar surface area (TPSA) is 69.0 Å². The minimum atomic E-state index is -0.254. The Morgan fingerprint density at radius 3 is 2.53 bits per heavy atom. The number of rotatable bonds is 7. The Morgan fingerprint density at radius 1 is 1.07 bits per heavy atom. The number of ether oxygens (including phenoxy) is 1. The van der Waals surface area contributed by atoms with Crippen LogP contribution >= 0.6 is 46.6 Å². The van der Waals surface area contributed by atoms with E-state index < -0.39 is 0 Å². The van der Waals surface area contributed by atoms with E-state index in [1.165, 1.54) is 29.5 Å². The Bertz CT molecular complexity index is 1090. The van der Waals surface area contributed by atoms with Crippen LogP contribution in [0.15, 0.2) is 35.5 Å². The number of benzene rings is 2. The molecule has 1 amide bonds. The fourth-order valence-electron chi connectivity index (χ4n) is 2.48. The van der Waals surface area contributed by atoms with Crippen LogP contribution in [0.2, 0.25) is 15.1 Å². The smallest absolute Gasteiger partial charge is 0.234 e. The SMILES string of the molecule is Cc1ccc(OCc2nnc(SCC(=O)Nc3cc(Cl)c(Cl)cc3Cl)n2C)cc1C. The van der Waals surface area contributed by atoms with Gasteiger partial charge in [0.2, 0.25) is 5.91 Å². The van der Waals surface area contributed by atoms with Gasteiger partial charge >= 0.3 is 0 Å². The second-order valence-electron chi connectivity index (χ2n) is 6.58. The number of amides is 1.